The number of carbonyl (C=O) groups is 1. The van der Waals surface area contributed by atoms with E-state index in [1.165, 1.54) is 0 Å². The fraction of sp³-hybridized carbons (Fsp3) is 0.176. The molecule has 0 aliphatic heterocycles. The molecule has 4 nitrogen and oxygen atoms in total. The van der Waals surface area contributed by atoms with Crippen LogP contribution in [-0.2, 0) is 0 Å². The molecule has 22 heavy (non-hydrogen) atoms. The van der Waals surface area contributed by atoms with Crippen molar-refractivity contribution in [3.05, 3.63) is 59.1 Å². The summed E-state index contributed by atoms with van der Waals surface area (Å²) in [6, 6.07) is 14.5. The summed E-state index contributed by atoms with van der Waals surface area (Å²) < 4.78 is 0. The highest BCUT2D eigenvalue weighted by Crippen LogP contribution is 2.20. The Bertz CT molecular complexity index is 695. The van der Waals surface area contributed by atoms with Crippen molar-refractivity contribution in [3.8, 4) is 0 Å². The van der Waals surface area contributed by atoms with Crippen molar-refractivity contribution in [2.24, 2.45) is 4.99 Å². The quantitative estimate of drug-likeness (QED) is 0.685. The lowest BCUT2D eigenvalue weighted by Crippen LogP contribution is -2.23. The molecular weight excluding hydrogens is 298 g/mol. The Kier molecular flexibility index (Phi) is 5.17. The minimum absolute atomic E-state index is 0.224. The van der Waals surface area contributed by atoms with Gasteiger partial charge in [0.25, 0.3) is 5.91 Å². The van der Waals surface area contributed by atoms with Crippen LogP contribution >= 0.6 is 11.6 Å². The summed E-state index contributed by atoms with van der Waals surface area (Å²) in [5.74, 6) is 0.686. The number of hydrogen-bond acceptors (Lipinski definition) is 2. The molecule has 0 radical (unpaired) electrons. The number of carbonyl (C=O) groups excluding carboxylic acids is 1. The van der Waals surface area contributed by atoms with E-state index in [9.17, 15) is 4.79 Å². The van der Waals surface area contributed by atoms with E-state index in [-0.39, 0.29) is 5.91 Å². The molecule has 2 aromatic carbocycles. The van der Waals surface area contributed by atoms with Gasteiger partial charge in [0.2, 0.25) is 0 Å². The zero-order chi connectivity index (χ0) is 16.1. The molecular formula is C17H18ClN3O. The van der Waals surface area contributed by atoms with Gasteiger partial charge in [0, 0.05) is 25.5 Å². The fourth-order valence-electron chi connectivity index (χ4n) is 1.95. The number of anilines is 2. The first-order valence-electron chi connectivity index (χ1n) is 6.86. The van der Waals surface area contributed by atoms with Crippen molar-refractivity contribution in [1.29, 1.82) is 0 Å². The molecule has 2 aromatic rings. The molecule has 0 spiro atoms. The minimum Gasteiger partial charge on any atom is -0.334 e. The first-order valence-corrected chi connectivity index (χ1v) is 7.24. The Labute approximate surface area is 135 Å². The molecule has 0 unspecified atom stereocenters. The third kappa shape index (κ3) is 3.65. The van der Waals surface area contributed by atoms with Crippen LogP contribution < -0.4 is 10.2 Å². The van der Waals surface area contributed by atoms with Gasteiger partial charge in [-0.3, -0.25) is 9.79 Å². The average molecular weight is 316 g/mol. The van der Waals surface area contributed by atoms with Crippen LogP contribution in [0.5, 0.6) is 0 Å². The van der Waals surface area contributed by atoms with Gasteiger partial charge in [-0.2, -0.15) is 0 Å². The molecule has 1 N–H and O–H groups in total. The number of benzene rings is 2. The normalized spacial score (nSPS) is 11.2. The van der Waals surface area contributed by atoms with Crippen molar-refractivity contribution in [2.75, 3.05) is 24.3 Å². The van der Waals surface area contributed by atoms with Gasteiger partial charge >= 0.3 is 0 Å². The first-order chi connectivity index (χ1) is 10.5. The van der Waals surface area contributed by atoms with Crippen LogP contribution in [0.15, 0.2) is 53.5 Å². The molecule has 0 saturated heterocycles. The number of hydrogen-bond donors (Lipinski definition) is 1. The molecule has 0 fully saturated rings. The van der Waals surface area contributed by atoms with Crippen molar-refractivity contribution < 1.29 is 4.79 Å². The lowest BCUT2D eigenvalue weighted by molar-refractivity contribution is 0.102. The minimum atomic E-state index is -0.224. The Hall–Kier alpha value is -2.33. The Morgan fingerprint density at radius 1 is 1.14 bits per heavy atom. The van der Waals surface area contributed by atoms with Gasteiger partial charge < -0.3 is 10.2 Å². The van der Waals surface area contributed by atoms with Crippen molar-refractivity contribution >= 4 is 34.7 Å². The van der Waals surface area contributed by atoms with Crippen molar-refractivity contribution in [1.82, 2.24) is 0 Å². The molecule has 0 heterocycles. The maximum atomic E-state index is 12.2. The van der Waals surface area contributed by atoms with E-state index < -0.39 is 0 Å². The highest BCUT2D eigenvalue weighted by molar-refractivity contribution is 6.34. The SMILES string of the molecule is CN=C(C)N(C)c1ccc(NC(=O)c2ccccc2Cl)cc1. The number of aliphatic imine (C=N–C) groups is 1. The van der Waals surface area contributed by atoms with Gasteiger partial charge in [0.15, 0.2) is 0 Å². The molecule has 0 atom stereocenters. The Morgan fingerprint density at radius 2 is 1.77 bits per heavy atom. The predicted molar refractivity (Wildman–Crippen MR) is 93.3 cm³/mol. The van der Waals surface area contributed by atoms with Crippen LogP contribution in [0, 0.1) is 0 Å². The summed E-state index contributed by atoms with van der Waals surface area (Å²) in [5.41, 5.74) is 2.17. The number of amides is 1. The molecule has 5 heteroatoms. The molecule has 2 rings (SSSR count). The van der Waals surface area contributed by atoms with Gasteiger partial charge in [-0.25, -0.2) is 0 Å². The summed E-state index contributed by atoms with van der Waals surface area (Å²) in [6.07, 6.45) is 0. The van der Waals surface area contributed by atoms with Crippen LogP contribution in [0.3, 0.4) is 0 Å². The summed E-state index contributed by atoms with van der Waals surface area (Å²) in [7, 11) is 3.70. The first kappa shape index (κ1) is 16.0. The predicted octanol–water partition coefficient (Wildman–Crippen LogP) is 4.08. The second kappa shape index (κ2) is 7.09. The van der Waals surface area contributed by atoms with Crippen molar-refractivity contribution in [2.45, 2.75) is 6.92 Å². The third-order valence-corrected chi connectivity index (χ3v) is 3.77. The largest absolute Gasteiger partial charge is 0.334 e. The smallest absolute Gasteiger partial charge is 0.257 e. The Morgan fingerprint density at radius 3 is 2.36 bits per heavy atom. The second-order valence-electron chi connectivity index (χ2n) is 4.81. The summed E-state index contributed by atoms with van der Waals surface area (Å²) >= 11 is 6.02. The number of nitrogens with zero attached hydrogens (tertiary/aromatic N) is 2. The topological polar surface area (TPSA) is 44.7 Å². The van der Waals surface area contributed by atoms with E-state index in [0.717, 1.165) is 11.5 Å². The zero-order valence-electron chi connectivity index (χ0n) is 12.8. The monoisotopic (exact) mass is 315 g/mol. The molecule has 0 aromatic heterocycles. The molecule has 0 aliphatic carbocycles. The van der Waals surface area contributed by atoms with Gasteiger partial charge in [-0.05, 0) is 43.3 Å². The van der Waals surface area contributed by atoms with E-state index in [1.807, 2.05) is 43.1 Å². The lowest BCUT2D eigenvalue weighted by atomic mass is 10.2. The second-order valence-corrected chi connectivity index (χ2v) is 5.22. The number of amidine groups is 1. The van der Waals surface area contributed by atoms with E-state index in [1.54, 1.807) is 31.3 Å². The summed E-state index contributed by atoms with van der Waals surface area (Å²) in [6.45, 7) is 1.94. The molecule has 0 saturated carbocycles. The van der Waals surface area contributed by atoms with Crippen LogP contribution in [0.1, 0.15) is 17.3 Å². The standard InChI is InChI=1S/C17H18ClN3O/c1-12(19-2)21(3)14-10-8-13(9-11-14)20-17(22)15-6-4-5-7-16(15)18/h4-11H,1-3H3,(H,20,22). The van der Waals surface area contributed by atoms with Crippen molar-refractivity contribution in [3.63, 3.8) is 0 Å². The van der Waals surface area contributed by atoms with Crippen LogP contribution in [0.25, 0.3) is 0 Å². The highest BCUT2D eigenvalue weighted by Gasteiger charge is 2.10. The highest BCUT2D eigenvalue weighted by atomic mass is 35.5. The fourth-order valence-corrected chi connectivity index (χ4v) is 2.17. The summed E-state index contributed by atoms with van der Waals surface area (Å²) in [4.78, 5) is 18.3. The van der Waals surface area contributed by atoms with E-state index >= 15 is 0 Å². The molecule has 114 valence electrons. The maximum Gasteiger partial charge on any atom is 0.257 e. The lowest BCUT2D eigenvalue weighted by Gasteiger charge is -2.18. The van der Waals surface area contributed by atoms with E-state index in [4.69, 9.17) is 11.6 Å². The number of nitrogens with one attached hydrogen (secondary N) is 1. The zero-order valence-corrected chi connectivity index (χ0v) is 13.6. The van der Waals surface area contributed by atoms with Crippen LogP contribution in [0.4, 0.5) is 11.4 Å². The number of rotatable bonds is 3. The van der Waals surface area contributed by atoms with Gasteiger partial charge in [0.05, 0.1) is 16.4 Å². The maximum absolute atomic E-state index is 12.2. The van der Waals surface area contributed by atoms with Crippen LogP contribution in [-0.4, -0.2) is 25.8 Å². The third-order valence-electron chi connectivity index (χ3n) is 3.44. The van der Waals surface area contributed by atoms with Gasteiger partial charge in [-0.15, -0.1) is 0 Å². The van der Waals surface area contributed by atoms with E-state index in [0.29, 0.717) is 16.3 Å². The molecule has 1 amide bonds. The number of halogens is 1. The summed E-state index contributed by atoms with van der Waals surface area (Å²) in [5, 5.41) is 3.27. The van der Waals surface area contributed by atoms with Gasteiger partial charge in [-0.1, -0.05) is 23.7 Å². The van der Waals surface area contributed by atoms with E-state index in [2.05, 4.69) is 10.3 Å². The van der Waals surface area contributed by atoms with Crippen LogP contribution in [0.2, 0.25) is 5.02 Å². The molecule has 0 aliphatic rings. The Balaban J connectivity index is 2.12. The van der Waals surface area contributed by atoms with Gasteiger partial charge in [0.1, 0.15) is 0 Å². The molecule has 0 bridgehead atoms. The average Bonchev–Trinajstić information content (AvgIpc) is 2.54.